The van der Waals surface area contributed by atoms with E-state index < -0.39 is 18.1 Å². The Balaban J connectivity index is 0.000000675. The summed E-state index contributed by atoms with van der Waals surface area (Å²) in [5, 5.41) is 9.75. The first-order chi connectivity index (χ1) is 15.3. The lowest BCUT2D eigenvalue weighted by atomic mass is 10.0. The van der Waals surface area contributed by atoms with Crippen LogP contribution >= 0.6 is 11.6 Å². The summed E-state index contributed by atoms with van der Waals surface area (Å²) in [6, 6.07) is 7.73. The SMILES string of the molecule is COc1ccc(CCCC(N)CNC(=O)c2nc(Cl)c(N)nc2N)cc1.O=C(O)C(F)(F)F. The van der Waals surface area contributed by atoms with Gasteiger partial charge in [-0.05, 0) is 37.0 Å². The first kappa shape index (κ1) is 27.7. The summed E-state index contributed by atoms with van der Waals surface area (Å²) in [6.07, 6.45) is -2.52. The zero-order valence-electron chi connectivity index (χ0n) is 17.5. The van der Waals surface area contributed by atoms with Gasteiger partial charge in [0.05, 0.1) is 7.11 Å². The van der Waals surface area contributed by atoms with Crippen molar-refractivity contribution >= 4 is 35.1 Å². The summed E-state index contributed by atoms with van der Waals surface area (Å²) in [4.78, 5) is 28.7. The van der Waals surface area contributed by atoms with Crippen LogP contribution in [0.2, 0.25) is 5.15 Å². The van der Waals surface area contributed by atoms with Crippen LogP contribution in [0.15, 0.2) is 24.3 Å². The average molecular weight is 493 g/mol. The van der Waals surface area contributed by atoms with Gasteiger partial charge in [-0.3, -0.25) is 4.79 Å². The maximum absolute atomic E-state index is 12.1. The molecule has 1 aromatic carbocycles. The number of alkyl halides is 3. The van der Waals surface area contributed by atoms with Gasteiger partial charge < -0.3 is 32.4 Å². The number of nitrogen functional groups attached to an aromatic ring is 2. The molecular formula is C19H24ClF3N6O4. The number of hydrogen-bond acceptors (Lipinski definition) is 8. The Kier molecular flexibility index (Phi) is 10.6. The van der Waals surface area contributed by atoms with E-state index in [9.17, 15) is 18.0 Å². The van der Waals surface area contributed by atoms with Crippen LogP contribution in [-0.4, -0.2) is 52.8 Å². The number of aryl methyl sites for hydroxylation is 1. The second-order valence-electron chi connectivity index (χ2n) is 6.65. The predicted octanol–water partition coefficient (Wildman–Crippen LogP) is 2.02. The Morgan fingerprint density at radius 2 is 1.76 bits per heavy atom. The number of aromatic nitrogens is 2. The largest absolute Gasteiger partial charge is 0.497 e. The van der Waals surface area contributed by atoms with Crippen molar-refractivity contribution in [2.24, 2.45) is 5.73 Å². The first-order valence-corrected chi connectivity index (χ1v) is 9.78. The van der Waals surface area contributed by atoms with E-state index >= 15 is 0 Å². The monoisotopic (exact) mass is 492 g/mol. The second-order valence-corrected chi connectivity index (χ2v) is 7.00. The molecule has 0 spiro atoms. The van der Waals surface area contributed by atoms with Gasteiger partial charge in [-0.2, -0.15) is 13.2 Å². The molecule has 1 atom stereocenters. The number of methoxy groups -OCH3 is 1. The topological polar surface area (TPSA) is 179 Å². The molecular weight excluding hydrogens is 469 g/mol. The lowest BCUT2D eigenvalue weighted by molar-refractivity contribution is -0.192. The number of halogens is 4. The van der Waals surface area contributed by atoms with Crippen molar-refractivity contribution < 1.29 is 32.6 Å². The van der Waals surface area contributed by atoms with Gasteiger partial charge in [0, 0.05) is 12.6 Å². The van der Waals surface area contributed by atoms with Gasteiger partial charge in [0.15, 0.2) is 22.5 Å². The van der Waals surface area contributed by atoms with Crippen LogP contribution in [0.4, 0.5) is 24.8 Å². The highest BCUT2D eigenvalue weighted by Crippen LogP contribution is 2.17. The quantitative estimate of drug-likeness (QED) is 0.368. The lowest BCUT2D eigenvalue weighted by Gasteiger charge is -2.13. The van der Waals surface area contributed by atoms with Crippen molar-refractivity contribution in [1.82, 2.24) is 15.3 Å². The fourth-order valence-electron chi connectivity index (χ4n) is 2.38. The fourth-order valence-corrected chi connectivity index (χ4v) is 2.51. The molecule has 8 N–H and O–H groups in total. The van der Waals surface area contributed by atoms with E-state index in [4.69, 9.17) is 43.4 Å². The first-order valence-electron chi connectivity index (χ1n) is 9.40. The van der Waals surface area contributed by atoms with E-state index in [1.165, 1.54) is 5.56 Å². The molecule has 0 aliphatic carbocycles. The normalized spacial score (nSPS) is 11.7. The highest BCUT2D eigenvalue weighted by atomic mass is 35.5. The van der Waals surface area contributed by atoms with E-state index in [1.54, 1.807) is 7.11 Å². The minimum atomic E-state index is -5.08. The van der Waals surface area contributed by atoms with Gasteiger partial charge in [-0.1, -0.05) is 23.7 Å². The Labute approximate surface area is 192 Å². The van der Waals surface area contributed by atoms with Gasteiger partial charge in [-0.25, -0.2) is 14.8 Å². The number of carbonyl (C=O) groups is 2. The highest BCUT2D eigenvalue weighted by Gasteiger charge is 2.38. The molecule has 182 valence electrons. The van der Waals surface area contributed by atoms with E-state index in [0.29, 0.717) is 6.54 Å². The van der Waals surface area contributed by atoms with Crippen LogP contribution in [0, 0.1) is 0 Å². The molecule has 0 aliphatic heterocycles. The van der Waals surface area contributed by atoms with Gasteiger partial charge >= 0.3 is 12.1 Å². The van der Waals surface area contributed by atoms with Crippen LogP contribution in [0.1, 0.15) is 28.9 Å². The second kappa shape index (κ2) is 12.6. The Morgan fingerprint density at radius 1 is 1.18 bits per heavy atom. The Bertz CT molecular complexity index is 944. The third kappa shape index (κ3) is 9.78. The van der Waals surface area contributed by atoms with E-state index in [0.717, 1.165) is 25.0 Å². The zero-order valence-corrected chi connectivity index (χ0v) is 18.3. The Hall–Kier alpha value is -3.32. The minimum Gasteiger partial charge on any atom is -0.497 e. The zero-order chi connectivity index (χ0) is 25.2. The van der Waals surface area contributed by atoms with E-state index in [-0.39, 0.29) is 28.5 Å². The maximum atomic E-state index is 12.1. The number of hydrogen-bond donors (Lipinski definition) is 5. The molecule has 0 fully saturated rings. The van der Waals surface area contributed by atoms with E-state index in [2.05, 4.69) is 15.3 Å². The summed E-state index contributed by atoms with van der Waals surface area (Å²) in [5.74, 6) is -2.50. The van der Waals surface area contributed by atoms with Gasteiger partial charge in [0.25, 0.3) is 5.91 Å². The molecule has 0 saturated heterocycles. The Morgan fingerprint density at radius 3 is 2.27 bits per heavy atom. The number of rotatable bonds is 8. The molecule has 1 unspecified atom stereocenters. The van der Waals surface area contributed by atoms with Gasteiger partial charge in [0.2, 0.25) is 0 Å². The molecule has 0 bridgehead atoms. The molecule has 1 aromatic heterocycles. The van der Waals surface area contributed by atoms with E-state index in [1.807, 2.05) is 24.3 Å². The number of nitrogens with one attached hydrogen (secondary N) is 1. The summed E-state index contributed by atoms with van der Waals surface area (Å²) in [7, 11) is 1.64. The van der Waals surface area contributed by atoms with Gasteiger partial charge in [0.1, 0.15) is 5.75 Å². The lowest BCUT2D eigenvalue weighted by Crippen LogP contribution is -2.38. The number of amides is 1. The van der Waals surface area contributed by atoms with Crippen LogP contribution < -0.4 is 27.3 Å². The summed E-state index contributed by atoms with van der Waals surface area (Å²) in [5.41, 5.74) is 18.3. The number of anilines is 2. The van der Waals surface area contributed by atoms with Gasteiger partial charge in [-0.15, -0.1) is 0 Å². The molecule has 14 heteroatoms. The smallest absolute Gasteiger partial charge is 0.490 e. The van der Waals surface area contributed by atoms with Crippen molar-refractivity contribution in [1.29, 1.82) is 0 Å². The van der Waals surface area contributed by atoms with Crippen molar-refractivity contribution in [3.05, 3.63) is 40.7 Å². The molecule has 2 rings (SSSR count). The standard InChI is InChI=1S/C17H23ClN6O2.C2HF3O2/c1-26-12-7-5-10(6-8-12)3-2-4-11(19)9-22-17(25)13-15(20)24-16(21)14(18)23-13;3-2(4,5)1(6)7/h5-8,11H,2-4,9,19H2,1H3,(H,22,25)(H4,20,21,24);(H,6,7). The van der Waals surface area contributed by atoms with Crippen LogP contribution in [-0.2, 0) is 11.2 Å². The van der Waals surface area contributed by atoms with Crippen molar-refractivity contribution in [3.63, 3.8) is 0 Å². The number of nitrogens with two attached hydrogens (primary N) is 3. The summed E-state index contributed by atoms with van der Waals surface area (Å²) in [6.45, 7) is 0.296. The van der Waals surface area contributed by atoms with Crippen LogP contribution in [0.25, 0.3) is 0 Å². The van der Waals surface area contributed by atoms with Crippen LogP contribution in [0.3, 0.4) is 0 Å². The molecule has 0 saturated carbocycles. The van der Waals surface area contributed by atoms with Crippen molar-refractivity contribution in [2.75, 3.05) is 25.1 Å². The van der Waals surface area contributed by atoms with Crippen LogP contribution in [0.5, 0.6) is 5.75 Å². The fraction of sp³-hybridized carbons (Fsp3) is 0.368. The summed E-state index contributed by atoms with van der Waals surface area (Å²) < 4.78 is 36.9. The number of aliphatic carboxylic acids is 1. The van der Waals surface area contributed by atoms with Crippen molar-refractivity contribution in [3.8, 4) is 5.75 Å². The molecule has 0 aliphatic rings. The number of ether oxygens (including phenoxy) is 1. The molecule has 1 amide bonds. The third-order valence-corrected chi connectivity index (χ3v) is 4.36. The number of nitrogens with zero attached hydrogens (tertiary/aromatic N) is 2. The third-order valence-electron chi connectivity index (χ3n) is 4.09. The predicted molar refractivity (Wildman–Crippen MR) is 116 cm³/mol. The summed E-state index contributed by atoms with van der Waals surface area (Å²) >= 11 is 5.77. The molecule has 33 heavy (non-hydrogen) atoms. The molecule has 2 aromatic rings. The maximum Gasteiger partial charge on any atom is 0.490 e. The highest BCUT2D eigenvalue weighted by molar-refractivity contribution is 6.31. The molecule has 0 radical (unpaired) electrons. The molecule has 1 heterocycles. The number of benzene rings is 1. The molecule has 10 nitrogen and oxygen atoms in total. The minimum absolute atomic E-state index is 0.0176. The number of carbonyl (C=O) groups excluding carboxylic acids is 1. The number of carboxylic acid groups (broad SMARTS) is 1. The number of carboxylic acids is 1. The average Bonchev–Trinajstić information content (AvgIpc) is 2.75. The van der Waals surface area contributed by atoms with Crippen molar-refractivity contribution in [2.45, 2.75) is 31.5 Å².